The Morgan fingerprint density at radius 1 is 1.10 bits per heavy atom. The maximum Gasteiger partial charge on any atom is 0.257 e. The minimum Gasteiger partial charge on any atom is -0.497 e. The van der Waals surface area contributed by atoms with Crippen LogP contribution in [0.25, 0.3) is 0 Å². The highest BCUT2D eigenvalue weighted by atomic mass is 35.5. The second-order valence-electron chi connectivity index (χ2n) is 6.28. The summed E-state index contributed by atoms with van der Waals surface area (Å²) < 4.78 is 15.7. The van der Waals surface area contributed by atoms with Gasteiger partial charge in [-0.1, -0.05) is 11.6 Å². The summed E-state index contributed by atoms with van der Waals surface area (Å²) in [6.07, 6.45) is 0. The summed E-state index contributed by atoms with van der Waals surface area (Å²) in [6.45, 7) is 2.96. The van der Waals surface area contributed by atoms with Gasteiger partial charge in [0, 0.05) is 30.4 Å². The van der Waals surface area contributed by atoms with Gasteiger partial charge in [-0.15, -0.1) is 0 Å². The van der Waals surface area contributed by atoms with Crippen LogP contribution in [0.15, 0.2) is 36.4 Å². The molecule has 0 atom stereocenters. The number of carbonyl (C=O) groups is 1. The zero-order chi connectivity index (χ0) is 20.8. The number of methoxy groups -OCH3 is 2. The van der Waals surface area contributed by atoms with Gasteiger partial charge < -0.3 is 24.4 Å². The van der Waals surface area contributed by atoms with Crippen LogP contribution in [-0.2, 0) is 4.74 Å². The Bertz CT molecular complexity index is 881. The predicted octanol–water partition coefficient (Wildman–Crippen LogP) is 3.32. The Kier molecular flexibility index (Phi) is 7.13. The van der Waals surface area contributed by atoms with Crippen LogP contribution < -0.4 is 25.0 Å². The van der Waals surface area contributed by atoms with Gasteiger partial charge in [0.15, 0.2) is 5.11 Å². The van der Waals surface area contributed by atoms with E-state index in [0.717, 1.165) is 18.8 Å². The quantitative estimate of drug-likeness (QED) is 0.698. The number of thiocarbonyl (C=S) groups is 1. The Balaban J connectivity index is 1.64. The van der Waals surface area contributed by atoms with E-state index in [0.29, 0.717) is 41.0 Å². The third-order valence-corrected chi connectivity index (χ3v) is 4.90. The van der Waals surface area contributed by atoms with Crippen LogP contribution in [-0.4, -0.2) is 51.5 Å². The maximum absolute atomic E-state index is 12.5. The van der Waals surface area contributed by atoms with Gasteiger partial charge in [0.1, 0.15) is 11.5 Å². The molecule has 1 fully saturated rings. The zero-order valence-corrected chi connectivity index (χ0v) is 17.7. The summed E-state index contributed by atoms with van der Waals surface area (Å²) in [7, 11) is 3.04. The smallest absolute Gasteiger partial charge is 0.257 e. The normalized spacial score (nSPS) is 13.6. The summed E-state index contributed by atoms with van der Waals surface area (Å²) in [5, 5.41) is 6.38. The van der Waals surface area contributed by atoms with Crippen molar-refractivity contribution in [3.05, 3.63) is 47.0 Å². The number of nitrogens with one attached hydrogen (secondary N) is 2. The van der Waals surface area contributed by atoms with Crippen LogP contribution in [0.4, 0.5) is 11.4 Å². The van der Waals surface area contributed by atoms with Gasteiger partial charge in [0.25, 0.3) is 5.91 Å². The molecule has 0 aliphatic carbocycles. The molecule has 0 unspecified atom stereocenters. The number of hydrogen-bond acceptors (Lipinski definition) is 6. The zero-order valence-electron chi connectivity index (χ0n) is 16.2. The molecule has 3 rings (SSSR count). The van der Waals surface area contributed by atoms with Gasteiger partial charge in [-0.25, -0.2) is 0 Å². The molecule has 29 heavy (non-hydrogen) atoms. The largest absolute Gasteiger partial charge is 0.497 e. The third-order valence-electron chi connectivity index (χ3n) is 4.40. The molecular weight excluding hydrogens is 414 g/mol. The summed E-state index contributed by atoms with van der Waals surface area (Å²) in [5.74, 6) is 0.647. The van der Waals surface area contributed by atoms with E-state index in [1.165, 1.54) is 14.2 Å². The number of halogens is 1. The molecule has 1 amide bonds. The van der Waals surface area contributed by atoms with Crippen LogP contribution in [0.3, 0.4) is 0 Å². The Morgan fingerprint density at radius 3 is 2.34 bits per heavy atom. The number of hydrogen-bond donors (Lipinski definition) is 2. The van der Waals surface area contributed by atoms with Gasteiger partial charge in [0.2, 0.25) is 0 Å². The van der Waals surface area contributed by atoms with Crippen LogP contribution in [0, 0.1) is 0 Å². The molecule has 2 N–H and O–H groups in total. The first kappa shape index (κ1) is 21.2. The molecule has 1 saturated heterocycles. The minimum atomic E-state index is -0.379. The van der Waals surface area contributed by atoms with E-state index in [1.807, 2.05) is 12.1 Å². The fourth-order valence-electron chi connectivity index (χ4n) is 2.92. The van der Waals surface area contributed by atoms with Crippen LogP contribution >= 0.6 is 23.8 Å². The summed E-state index contributed by atoms with van der Waals surface area (Å²) in [6, 6.07) is 10.5. The van der Waals surface area contributed by atoms with Crippen molar-refractivity contribution in [1.29, 1.82) is 0 Å². The monoisotopic (exact) mass is 435 g/mol. The number of benzene rings is 2. The average Bonchev–Trinajstić information content (AvgIpc) is 2.73. The van der Waals surface area contributed by atoms with Crippen LogP contribution in [0.1, 0.15) is 10.4 Å². The van der Waals surface area contributed by atoms with Gasteiger partial charge in [-0.05, 0) is 42.5 Å². The van der Waals surface area contributed by atoms with E-state index >= 15 is 0 Å². The number of carbonyl (C=O) groups excluding carboxylic acids is 1. The topological polar surface area (TPSA) is 72.1 Å². The standard InChI is InChI=1S/C20H22ClN3O4S/c1-26-15-9-13(10-16(12-15)27-2)19(25)23-20(29)22-14-3-4-18(17(21)11-14)24-5-7-28-8-6-24/h3-4,9-12H,5-8H2,1-2H3,(H2,22,23,25,29). The Morgan fingerprint density at radius 2 is 1.76 bits per heavy atom. The highest BCUT2D eigenvalue weighted by molar-refractivity contribution is 7.80. The molecule has 0 bridgehead atoms. The van der Waals surface area contributed by atoms with Crippen LogP contribution in [0.2, 0.25) is 5.02 Å². The number of ether oxygens (including phenoxy) is 3. The molecular formula is C20H22ClN3O4S. The molecule has 1 heterocycles. The fourth-order valence-corrected chi connectivity index (χ4v) is 3.43. The molecule has 2 aromatic rings. The molecule has 1 aliphatic heterocycles. The van der Waals surface area contributed by atoms with E-state index in [1.54, 1.807) is 24.3 Å². The molecule has 9 heteroatoms. The SMILES string of the molecule is COc1cc(OC)cc(C(=O)NC(=S)Nc2ccc(N3CCOCC3)c(Cl)c2)c1. The van der Waals surface area contributed by atoms with Gasteiger partial charge in [-0.2, -0.15) is 0 Å². The van der Waals surface area contributed by atoms with Gasteiger partial charge in [-0.3, -0.25) is 10.1 Å². The fraction of sp³-hybridized carbons (Fsp3) is 0.300. The second-order valence-corrected chi connectivity index (χ2v) is 7.09. The lowest BCUT2D eigenvalue weighted by Gasteiger charge is -2.29. The summed E-state index contributed by atoms with van der Waals surface area (Å²) in [4.78, 5) is 14.7. The summed E-state index contributed by atoms with van der Waals surface area (Å²) >= 11 is 11.7. The molecule has 1 aliphatic rings. The first-order valence-electron chi connectivity index (χ1n) is 8.98. The van der Waals surface area contributed by atoms with Gasteiger partial charge >= 0.3 is 0 Å². The Labute approximate surface area is 179 Å². The first-order chi connectivity index (χ1) is 14.0. The second kappa shape index (κ2) is 9.78. The molecule has 0 radical (unpaired) electrons. The number of amides is 1. The van der Waals surface area contributed by atoms with Crippen molar-refractivity contribution in [3.8, 4) is 11.5 Å². The van der Waals surface area contributed by atoms with E-state index < -0.39 is 0 Å². The van der Waals surface area contributed by atoms with Crippen molar-refractivity contribution in [1.82, 2.24) is 5.32 Å². The number of nitrogens with zero attached hydrogens (tertiary/aromatic N) is 1. The highest BCUT2D eigenvalue weighted by Crippen LogP contribution is 2.29. The minimum absolute atomic E-state index is 0.159. The lowest BCUT2D eigenvalue weighted by molar-refractivity contribution is 0.0977. The van der Waals surface area contributed by atoms with E-state index in [-0.39, 0.29) is 11.0 Å². The van der Waals surface area contributed by atoms with Crippen molar-refractivity contribution in [2.45, 2.75) is 0 Å². The Hall–Kier alpha value is -2.55. The van der Waals surface area contributed by atoms with Crippen molar-refractivity contribution in [2.75, 3.05) is 50.7 Å². The van der Waals surface area contributed by atoms with E-state index in [9.17, 15) is 4.79 Å². The van der Waals surface area contributed by atoms with Crippen molar-refractivity contribution in [2.24, 2.45) is 0 Å². The molecule has 0 saturated carbocycles. The predicted molar refractivity (Wildman–Crippen MR) is 118 cm³/mol. The first-order valence-corrected chi connectivity index (χ1v) is 9.76. The molecule has 2 aromatic carbocycles. The number of anilines is 2. The lowest BCUT2D eigenvalue weighted by atomic mass is 10.2. The molecule has 0 aromatic heterocycles. The lowest BCUT2D eigenvalue weighted by Crippen LogP contribution is -2.36. The number of morpholine rings is 1. The highest BCUT2D eigenvalue weighted by Gasteiger charge is 2.15. The average molecular weight is 436 g/mol. The van der Waals surface area contributed by atoms with Gasteiger partial charge in [0.05, 0.1) is 38.1 Å². The van der Waals surface area contributed by atoms with Crippen molar-refractivity contribution >= 4 is 46.2 Å². The molecule has 7 nitrogen and oxygen atoms in total. The number of rotatable bonds is 5. The van der Waals surface area contributed by atoms with Crippen LogP contribution in [0.5, 0.6) is 11.5 Å². The third kappa shape index (κ3) is 5.50. The van der Waals surface area contributed by atoms with E-state index in [2.05, 4.69) is 15.5 Å². The summed E-state index contributed by atoms with van der Waals surface area (Å²) in [5.41, 5.74) is 1.99. The maximum atomic E-state index is 12.5. The molecule has 0 spiro atoms. The van der Waals surface area contributed by atoms with Crippen molar-refractivity contribution in [3.63, 3.8) is 0 Å². The molecule has 154 valence electrons. The van der Waals surface area contributed by atoms with E-state index in [4.69, 9.17) is 38.0 Å². The van der Waals surface area contributed by atoms with Crippen molar-refractivity contribution < 1.29 is 19.0 Å².